The first-order valence-electron chi connectivity index (χ1n) is 9.18. The summed E-state index contributed by atoms with van der Waals surface area (Å²) in [5, 5.41) is -0.645. The van der Waals surface area contributed by atoms with E-state index in [4.69, 9.17) is 15.7 Å². The van der Waals surface area contributed by atoms with Crippen LogP contribution in [-0.4, -0.2) is 56.9 Å². The molecule has 2 heterocycles. The molecule has 25 heavy (non-hydrogen) atoms. The fourth-order valence-corrected chi connectivity index (χ4v) is 4.50. The maximum atomic E-state index is 13.0. The lowest BCUT2D eigenvalue weighted by molar-refractivity contribution is -0.152. The fourth-order valence-electron chi connectivity index (χ4n) is 4.50. The van der Waals surface area contributed by atoms with Crippen LogP contribution in [0.15, 0.2) is 24.3 Å². The SMILES string of the molecule is [B]C1([B])CCC(C(=O)N2CC(=O)N3CCc4ccccc4C3C2)CC1. The second-order valence-electron chi connectivity index (χ2n) is 7.78. The molecular weight excluding hydrogens is 310 g/mol. The van der Waals surface area contributed by atoms with Gasteiger partial charge in [0.05, 0.1) is 28.3 Å². The van der Waals surface area contributed by atoms with Crippen LogP contribution < -0.4 is 0 Å². The molecule has 1 atom stereocenters. The van der Waals surface area contributed by atoms with Crippen molar-refractivity contribution >= 4 is 27.5 Å². The quantitative estimate of drug-likeness (QED) is 0.733. The topological polar surface area (TPSA) is 40.6 Å². The monoisotopic (exact) mass is 332 g/mol. The number of carbonyl (C=O) groups is 2. The molecule has 1 saturated carbocycles. The highest BCUT2D eigenvalue weighted by Gasteiger charge is 2.40. The van der Waals surface area contributed by atoms with E-state index in [1.807, 2.05) is 17.0 Å². The normalized spacial score (nSPS) is 26.1. The summed E-state index contributed by atoms with van der Waals surface area (Å²) >= 11 is 0. The zero-order valence-electron chi connectivity index (χ0n) is 14.5. The van der Waals surface area contributed by atoms with Gasteiger partial charge in [0.15, 0.2) is 0 Å². The molecule has 1 unspecified atom stereocenters. The van der Waals surface area contributed by atoms with E-state index in [-0.39, 0.29) is 30.3 Å². The third kappa shape index (κ3) is 3.11. The van der Waals surface area contributed by atoms with Gasteiger partial charge in [-0.1, -0.05) is 42.3 Å². The highest BCUT2D eigenvalue weighted by Crippen LogP contribution is 2.40. The third-order valence-corrected chi connectivity index (χ3v) is 6.03. The molecule has 0 bridgehead atoms. The van der Waals surface area contributed by atoms with Gasteiger partial charge in [-0.15, -0.1) is 0 Å². The molecule has 0 spiro atoms. The van der Waals surface area contributed by atoms with Gasteiger partial charge in [-0.25, -0.2) is 0 Å². The van der Waals surface area contributed by atoms with Crippen molar-refractivity contribution in [2.45, 2.75) is 43.4 Å². The molecule has 1 aliphatic carbocycles. The lowest BCUT2D eigenvalue weighted by atomic mass is 9.47. The number of carbonyl (C=O) groups excluding carboxylic acids is 2. The number of piperazine rings is 1. The van der Waals surface area contributed by atoms with Crippen molar-refractivity contribution in [3.63, 3.8) is 0 Å². The molecule has 1 aromatic rings. The van der Waals surface area contributed by atoms with Gasteiger partial charge in [0.1, 0.15) is 0 Å². The zero-order valence-corrected chi connectivity index (χ0v) is 14.5. The minimum atomic E-state index is -0.645. The molecule has 1 saturated heterocycles. The molecule has 2 aliphatic heterocycles. The standard InChI is InChI=1S/C19H22B2N2O2/c20-19(21)8-5-14(6-9-19)18(25)22-11-16-15-4-2-1-3-13(15)7-10-23(16)17(24)12-22/h1-4,14,16H,5-12H2. The first-order valence-corrected chi connectivity index (χ1v) is 9.18. The predicted molar refractivity (Wildman–Crippen MR) is 97.3 cm³/mol. The van der Waals surface area contributed by atoms with E-state index in [2.05, 4.69) is 12.1 Å². The highest BCUT2D eigenvalue weighted by molar-refractivity contribution is 6.39. The van der Waals surface area contributed by atoms with Crippen molar-refractivity contribution in [1.29, 1.82) is 0 Å². The van der Waals surface area contributed by atoms with Crippen molar-refractivity contribution < 1.29 is 9.59 Å². The van der Waals surface area contributed by atoms with E-state index in [0.717, 1.165) is 13.0 Å². The summed E-state index contributed by atoms with van der Waals surface area (Å²) < 4.78 is 0. The van der Waals surface area contributed by atoms with E-state index in [1.54, 1.807) is 4.90 Å². The first-order chi connectivity index (χ1) is 11.9. The van der Waals surface area contributed by atoms with E-state index in [0.29, 0.717) is 32.2 Å². The van der Waals surface area contributed by atoms with Crippen molar-refractivity contribution in [3.8, 4) is 0 Å². The molecule has 0 aromatic heterocycles. The number of hydrogen-bond acceptors (Lipinski definition) is 2. The largest absolute Gasteiger partial charge is 0.332 e. The summed E-state index contributed by atoms with van der Waals surface area (Å²) in [5.41, 5.74) is 2.48. The van der Waals surface area contributed by atoms with Crippen LogP contribution in [0.5, 0.6) is 0 Å². The Bertz CT molecular complexity index is 696. The van der Waals surface area contributed by atoms with Gasteiger partial charge < -0.3 is 9.80 Å². The van der Waals surface area contributed by atoms with Gasteiger partial charge in [-0.05, 0) is 30.4 Å². The van der Waals surface area contributed by atoms with Crippen molar-refractivity contribution in [3.05, 3.63) is 35.4 Å². The van der Waals surface area contributed by atoms with Crippen LogP contribution in [0.2, 0.25) is 5.21 Å². The van der Waals surface area contributed by atoms with Crippen LogP contribution in [0.4, 0.5) is 0 Å². The smallest absolute Gasteiger partial charge is 0.242 e. The number of benzene rings is 1. The van der Waals surface area contributed by atoms with E-state index >= 15 is 0 Å². The van der Waals surface area contributed by atoms with Crippen LogP contribution in [0, 0.1) is 5.92 Å². The molecule has 2 amide bonds. The van der Waals surface area contributed by atoms with Gasteiger partial charge in [0.25, 0.3) is 0 Å². The Balaban J connectivity index is 1.52. The molecule has 3 aliphatic rings. The average molecular weight is 332 g/mol. The zero-order chi connectivity index (χ0) is 17.6. The average Bonchev–Trinajstić information content (AvgIpc) is 2.61. The van der Waals surface area contributed by atoms with Gasteiger partial charge in [0, 0.05) is 19.0 Å². The first kappa shape index (κ1) is 16.7. The van der Waals surface area contributed by atoms with Crippen LogP contribution in [0.3, 0.4) is 0 Å². The Hall–Kier alpha value is -1.71. The maximum absolute atomic E-state index is 13.0. The summed E-state index contributed by atoms with van der Waals surface area (Å²) in [6.07, 6.45) is 3.63. The lowest BCUT2D eigenvalue weighted by Crippen LogP contribution is -2.56. The van der Waals surface area contributed by atoms with Crippen molar-refractivity contribution in [2.24, 2.45) is 5.92 Å². The van der Waals surface area contributed by atoms with Crippen LogP contribution in [-0.2, 0) is 16.0 Å². The van der Waals surface area contributed by atoms with Crippen LogP contribution >= 0.6 is 0 Å². The third-order valence-electron chi connectivity index (χ3n) is 6.03. The van der Waals surface area contributed by atoms with Gasteiger partial charge in [0.2, 0.25) is 11.8 Å². The number of amides is 2. The summed E-state index contributed by atoms with van der Waals surface area (Å²) in [5.74, 6) is 0.0897. The Kier molecular flexibility index (Phi) is 4.17. The van der Waals surface area contributed by atoms with Gasteiger partial charge in [-0.3, -0.25) is 9.59 Å². The van der Waals surface area contributed by atoms with E-state index < -0.39 is 5.21 Å². The molecule has 4 radical (unpaired) electrons. The maximum Gasteiger partial charge on any atom is 0.242 e. The van der Waals surface area contributed by atoms with E-state index in [1.165, 1.54) is 11.1 Å². The number of hydrogen-bond donors (Lipinski definition) is 0. The summed E-state index contributed by atoms with van der Waals surface area (Å²) in [4.78, 5) is 29.3. The molecule has 4 nitrogen and oxygen atoms in total. The summed E-state index contributed by atoms with van der Waals surface area (Å²) in [6.45, 7) is 1.54. The Labute approximate surface area is 151 Å². The molecule has 2 fully saturated rings. The minimum Gasteiger partial charge on any atom is -0.332 e. The highest BCUT2D eigenvalue weighted by atomic mass is 16.2. The fraction of sp³-hybridized carbons (Fsp3) is 0.579. The molecule has 1 aromatic carbocycles. The van der Waals surface area contributed by atoms with Gasteiger partial charge in [-0.2, -0.15) is 0 Å². The Morgan fingerprint density at radius 1 is 1.16 bits per heavy atom. The molecule has 126 valence electrons. The second-order valence-corrected chi connectivity index (χ2v) is 7.78. The Morgan fingerprint density at radius 3 is 2.64 bits per heavy atom. The van der Waals surface area contributed by atoms with Crippen molar-refractivity contribution in [2.75, 3.05) is 19.6 Å². The van der Waals surface area contributed by atoms with Crippen molar-refractivity contribution in [1.82, 2.24) is 9.80 Å². The summed E-state index contributed by atoms with van der Waals surface area (Å²) in [7, 11) is 11.9. The number of rotatable bonds is 1. The Morgan fingerprint density at radius 2 is 1.88 bits per heavy atom. The predicted octanol–water partition coefficient (Wildman–Crippen LogP) is 1.60. The second kappa shape index (κ2) is 6.22. The molecule has 0 N–H and O–H groups in total. The lowest BCUT2D eigenvalue weighted by Gasteiger charge is -2.46. The molecule has 6 heteroatoms. The number of nitrogens with zero attached hydrogens (tertiary/aromatic N) is 2. The summed E-state index contributed by atoms with van der Waals surface area (Å²) in [6, 6.07) is 8.25. The molecule has 4 rings (SSSR count). The molecular formula is C19H22B2N2O2. The number of fused-ring (bicyclic) bond motifs is 3. The van der Waals surface area contributed by atoms with E-state index in [9.17, 15) is 9.59 Å². The minimum absolute atomic E-state index is 0.0122. The van der Waals surface area contributed by atoms with Gasteiger partial charge >= 0.3 is 0 Å². The van der Waals surface area contributed by atoms with Crippen LogP contribution in [0.1, 0.15) is 42.9 Å². The van der Waals surface area contributed by atoms with Crippen LogP contribution in [0.25, 0.3) is 0 Å².